The van der Waals surface area contributed by atoms with E-state index in [-0.39, 0.29) is 17.1 Å². The monoisotopic (exact) mass is 340 g/mol. The van der Waals surface area contributed by atoms with Crippen LogP contribution in [0.15, 0.2) is 0 Å². The lowest BCUT2D eigenvalue weighted by Gasteiger charge is -2.30. The molecule has 0 aliphatic carbocycles. The fraction of sp³-hybridized carbons (Fsp3) is 0.846. The number of carbonyl (C=O) groups excluding carboxylic acids is 2. The van der Waals surface area contributed by atoms with Gasteiger partial charge in [0.1, 0.15) is 11.1 Å². The number of rotatable bonds is 2. The largest absolute Gasteiger partial charge is 0.467 e. The van der Waals surface area contributed by atoms with Gasteiger partial charge in [0.2, 0.25) is 0 Å². The Labute approximate surface area is 124 Å². The summed E-state index contributed by atoms with van der Waals surface area (Å²) >= 11 is 3.24. The average molecular weight is 341 g/mol. The van der Waals surface area contributed by atoms with Crippen LogP contribution >= 0.6 is 15.9 Å². The predicted molar refractivity (Wildman–Crippen MR) is 77.1 cm³/mol. The molecule has 0 unspecified atom stereocenters. The van der Waals surface area contributed by atoms with Crippen molar-refractivity contribution in [2.24, 2.45) is 0 Å². The number of alkyl halides is 1. The molecule has 0 N–H and O–H groups in total. The lowest BCUT2D eigenvalue weighted by atomic mass is 10.1. The summed E-state index contributed by atoms with van der Waals surface area (Å²) in [6, 6.07) is 0. The van der Waals surface area contributed by atoms with Crippen molar-refractivity contribution in [1.29, 1.82) is 0 Å². The summed E-state index contributed by atoms with van der Waals surface area (Å²) in [4.78, 5) is 22.0. The van der Waals surface area contributed by atoms with Gasteiger partial charge in [-0.25, -0.2) is 4.79 Å². The lowest BCUT2D eigenvalue weighted by Crippen LogP contribution is -2.40. The van der Waals surface area contributed by atoms with Crippen molar-refractivity contribution in [3.05, 3.63) is 0 Å². The molecule has 1 heterocycles. The lowest BCUT2D eigenvalue weighted by molar-refractivity contribution is -0.170. The third-order valence-electron chi connectivity index (χ3n) is 2.03. The second-order valence-electron chi connectivity index (χ2n) is 3.26. The molecule has 0 aromatic rings. The van der Waals surface area contributed by atoms with E-state index in [1.165, 1.54) is 14.0 Å². The predicted octanol–water partition coefficient (Wildman–Crippen LogP) is 3.04. The van der Waals surface area contributed by atoms with Crippen LogP contribution in [0.25, 0.3) is 0 Å². The molecule has 0 aromatic heterocycles. The van der Waals surface area contributed by atoms with Gasteiger partial charge in [-0.2, -0.15) is 0 Å². The molecule has 6 heteroatoms. The molecule has 1 saturated heterocycles. The third kappa shape index (κ3) is 8.99. The number of hydrogen-bond donors (Lipinski definition) is 0. The molecule has 0 spiro atoms. The molecular weight excluding hydrogens is 316 g/mol. The SMILES string of the molecule is CC.CC.COC(=O)[C@@H]1C[C@H](OC(C)=O)C[C@H](Br)O1. The van der Waals surface area contributed by atoms with Crippen LogP contribution in [0.4, 0.5) is 0 Å². The summed E-state index contributed by atoms with van der Waals surface area (Å²) in [6.45, 7) is 9.34. The standard InChI is InChI=1S/C9H13BrO5.2C2H6/c1-5(11)14-6-3-7(9(12)13-2)15-8(10)4-6;2*1-2/h6-8H,3-4H2,1-2H3;2*1-2H3/t6-,7-,8+;;/m0../s1. The molecule has 0 radical (unpaired) electrons. The van der Waals surface area contributed by atoms with Gasteiger partial charge in [-0.3, -0.25) is 4.79 Å². The van der Waals surface area contributed by atoms with Crippen molar-refractivity contribution in [3.8, 4) is 0 Å². The molecule has 5 nitrogen and oxygen atoms in total. The molecule has 114 valence electrons. The molecule has 0 aromatic carbocycles. The van der Waals surface area contributed by atoms with Crippen LogP contribution in [0.2, 0.25) is 0 Å². The van der Waals surface area contributed by atoms with E-state index < -0.39 is 12.1 Å². The first-order valence-electron chi connectivity index (χ1n) is 6.57. The van der Waals surface area contributed by atoms with E-state index in [4.69, 9.17) is 9.47 Å². The fourth-order valence-electron chi connectivity index (χ4n) is 1.45. The Morgan fingerprint density at radius 2 is 1.68 bits per heavy atom. The molecule has 0 amide bonds. The summed E-state index contributed by atoms with van der Waals surface area (Å²) in [6.07, 6.45) is -0.0938. The van der Waals surface area contributed by atoms with Gasteiger partial charge < -0.3 is 14.2 Å². The first kappa shape index (κ1) is 20.7. The van der Waals surface area contributed by atoms with Gasteiger partial charge in [-0.1, -0.05) is 43.6 Å². The molecule has 3 atom stereocenters. The Morgan fingerprint density at radius 1 is 1.16 bits per heavy atom. The minimum atomic E-state index is -0.669. The minimum absolute atomic E-state index is 0.292. The quantitative estimate of drug-likeness (QED) is 0.571. The van der Waals surface area contributed by atoms with E-state index in [0.717, 1.165) is 0 Å². The van der Waals surface area contributed by atoms with E-state index >= 15 is 0 Å². The van der Waals surface area contributed by atoms with Crippen LogP contribution in [-0.4, -0.2) is 36.3 Å². The van der Waals surface area contributed by atoms with Crippen LogP contribution in [0.1, 0.15) is 47.5 Å². The second kappa shape index (κ2) is 12.4. The maximum absolute atomic E-state index is 11.2. The summed E-state index contributed by atoms with van der Waals surface area (Å²) < 4.78 is 14.9. The molecule has 0 bridgehead atoms. The maximum atomic E-state index is 11.2. The maximum Gasteiger partial charge on any atom is 0.335 e. The van der Waals surface area contributed by atoms with E-state index in [1.54, 1.807) is 0 Å². The highest BCUT2D eigenvalue weighted by Crippen LogP contribution is 2.26. The minimum Gasteiger partial charge on any atom is -0.467 e. The van der Waals surface area contributed by atoms with Crippen LogP contribution in [0.3, 0.4) is 0 Å². The number of carbonyl (C=O) groups is 2. The van der Waals surface area contributed by atoms with Gasteiger partial charge in [0, 0.05) is 19.8 Å². The first-order chi connectivity index (χ1) is 9.02. The third-order valence-corrected chi connectivity index (χ3v) is 2.62. The zero-order chi connectivity index (χ0) is 15.4. The highest BCUT2D eigenvalue weighted by Gasteiger charge is 2.34. The molecule has 1 rings (SSSR count). The second-order valence-corrected chi connectivity index (χ2v) is 4.28. The van der Waals surface area contributed by atoms with Gasteiger partial charge >= 0.3 is 11.9 Å². The van der Waals surface area contributed by atoms with Crippen molar-refractivity contribution in [3.63, 3.8) is 0 Å². The van der Waals surface area contributed by atoms with E-state index in [9.17, 15) is 9.59 Å². The van der Waals surface area contributed by atoms with Crippen molar-refractivity contribution in [2.75, 3.05) is 7.11 Å². The molecule has 0 saturated carbocycles. The van der Waals surface area contributed by atoms with E-state index in [0.29, 0.717) is 12.8 Å². The molecule has 1 aliphatic heterocycles. The Hall–Kier alpha value is -0.620. The van der Waals surface area contributed by atoms with Crippen LogP contribution in [0.5, 0.6) is 0 Å². The van der Waals surface area contributed by atoms with Gasteiger partial charge in [-0.05, 0) is 0 Å². The zero-order valence-electron chi connectivity index (χ0n) is 12.6. The van der Waals surface area contributed by atoms with Gasteiger partial charge in [0.25, 0.3) is 0 Å². The first-order valence-corrected chi connectivity index (χ1v) is 7.49. The number of halogens is 1. The van der Waals surface area contributed by atoms with Crippen LogP contribution in [-0.2, 0) is 23.8 Å². The average Bonchev–Trinajstić information content (AvgIpc) is 2.41. The number of methoxy groups -OCH3 is 1. The Kier molecular flexibility index (Phi) is 13.5. The van der Waals surface area contributed by atoms with Crippen molar-refractivity contribution in [2.45, 2.75) is 64.7 Å². The topological polar surface area (TPSA) is 61.8 Å². The molecule has 19 heavy (non-hydrogen) atoms. The van der Waals surface area contributed by atoms with Crippen LogP contribution in [0, 0.1) is 0 Å². The summed E-state index contributed by atoms with van der Waals surface area (Å²) in [7, 11) is 1.30. The van der Waals surface area contributed by atoms with Gasteiger partial charge in [0.15, 0.2) is 6.10 Å². The number of ether oxygens (including phenoxy) is 3. The Morgan fingerprint density at radius 3 is 2.11 bits per heavy atom. The smallest absolute Gasteiger partial charge is 0.335 e. The van der Waals surface area contributed by atoms with Crippen LogP contribution < -0.4 is 0 Å². The van der Waals surface area contributed by atoms with Crippen molar-refractivity contribution >= 4 is 27.9 Å². The Bertz CT molecular complexity index is 257. The number of hydrogen-bond acceptors (Lipinski definition) is 5. The summed E-state index contributed by atoms with van der Waals surface area (Å²) in [5, 5.41) is -0.292. The zero-order valence-corrected chi connectivity index (χ0v) is 14.2. The van der Waals surface area contributed by atoms with E-state index in [2.05, 4.69) is 20.7 Å². The normalized spacial score (nSPS) is 24.9. The van der Waals surface area contributed by atoms with Gasteiger partial charge in [0.05, 0.1) is 7.11 Å². The summed E-state index contributed by atoms with van der Waals surface area (Å²) in [5.74, 6) is -0.804. The van der Waals surface area contributed by atoms with Gasteiger partial charge in [-0.15, -0.1) is 0 Å². The number of esters is 2. The van der Waals surface area contributed by atoms with Crippen molar-refractivity contribution < 1.29 is 23.8 Å². The summed E-state index contributed by atoms with van der Waals surface area (Å²) in [5.41, 5.74) is 0. The fourth-order valence-corrected chi connectivity index (χ4v) is 2.12. The molecule has 1 aliphatic rings. The highest BCUT2D eigenvalue weighted by atomic mass is 79.9. The molecular formula is C13H25BrO5. The van der Waals surface area contributed by atoms with E-state index in [1.807, 2.05) is 27.7 Å². The highest BCUT2D eigenvalue weighted by molar-refractivity contribution is 9.09. The molecule has 1 fully saturated rings. The van der Waals surface area contributed by atoms with Crippen molar-refractivity contribution in [1.82, 2.24) is 0 Å². The Balaban J connectivity index is 0.